The van der Waals surface area contributed by atoms with Gasteiger partial charge in [-0.25, -0.2) is 4.98 Å². The molecule has 3 aromatic rings. The van der Waals surface area contributed by atoms with Gasteiger partial charge in [-0.2, -0.15) is 5.10 Å². The maximum atomic E-state index is 5.97. The lowest BCUT2D eigenvalue weighted by molar-refractivity contribution is 0.741. The van der Waals surface area contributed by atoms with Crippen LogP contribution in [0.1, 0.15) is 12.0 Å². The van der Waals surface area contributed by atoms with E-state index >= 15 is 0 Å². The molecule has 1 aliphatic heterocycles. The van der Waals surface area contributed by atoms with Crippen LogP contribution in [-0.4, -0.2) is 15.3 Å². The first-order chi connectivity index (χ1) is 10.3. The quantitative estimate of drug-likeness (QED) is 0.552. The predicted octanol–water partition coefficient (Wildman–Crippen LogP) is 3.42. The van der Waals surface area contributed by atoms with Crippen molar-refractivity contribution in [2.45, 2.75) is 13.0 Å². The summed E-state index contributed by atoms with van der Waals surface area (Å²) in [4.78, 5) is 4.78. The first-order valence-corrected chi connectivity index (χ1v) is 7.18. The number of halogens is 1. The summed E-state index contributed by atoms with van der Waals surface area (Å²) < 4.78 is 2.24. The van der Waals surface area contributed by atoms with E-state index in [0.29, 0.717) is 0 Å². The molecule has 21 heavy (non-hydrogen) atoms. The van der Waals surface area contributed by atoms with Gasteiger partial charge < -0.3 is 10.4 Å². The van der Waals surface area contributed by atoms with Crippen LogP contribution in [0.3, 0.4) is 0 Å². The summed E-state index contributed by atoms with van der Waals surface area (Å²) >= 11 is 5.97. The normalized spacial score (nSPS) is 15.8. The lowest BCUT2D eigenvalue weighted by Crippen LogP contribution is -2.17. The number of hydrogen-bond donors (Lipinski definition) is 1. The standard InChI is InChI=1S/C16H13ClN4/c17-11-6-4-10(5-7-11)16-19-14-3-1-2-12-13(20-18)8-9-21(16)15(12)14/h1-7H,8-9,18H2. The second-order valence-electron chi connectivity index (χ2n) is 5.09. The average molecular weight is 297 g/mol. The van der Waals surface area contributed by atoms with E-state index in [1.807, 2.05) is 36.4 Å². The van der Waals surface area contributed by atoms with Crippen LogP contribution in [0.5, 0.6) is 0 Å². The van der Waals surface area contributed by atoms with Crippen molar-refractivity contribution in [1.29, 1.82) is 0 Å². The van der Waals surface area contributed by atoms with Gasteiger partial charge in [0.05, 0.1) is 16.7 Å². The highest BCUT2D eigenvalue weighted by atomic mass is 35.5. The number of aromatic nitrogens is 2. The molecule has 0 atom stereocenters. The van der Waals surface area contributed by atoms with Crippen LogP contribution in [0.15, 0.2) is 47.6 Å². The monoisotopic (exact) mass is 296 g/mol. The molecule has 4 rings (SSSR count). The molecule has 1 aromatic heterocycles. The molecule has 5 heteroatoms. The van der Waals surface area contributed by atoms with Crippen molar-refractivity contribution in [2.24, 2.45) is 10.9 Å². The van der Waals surface area contributed by atoms with Gasteiger partial charge in [-0.15, -0.1) is 0 Å². The summed E-state index contributed by atoms with van der Waals surface area (Å²) in [6, 6.07) is 13.8. The Kier molecular flexibility index (Phi) is 2.72. The van der Waals surface area contributed by atoms with Gasteiger partial charge in [-0.05, 0) is 30.3 Å². The Morgan fingerprint density at radius 1 is 1.14 bits per heavy atom. The van der Waals surface area contributed by atoms with Gasteiger partial charge in [0.2, 0.25) is 0 Å². The molecule has 0 radical (unpaired) electrons. The van der Waals surface area contributed by atoms with E-state index in [-0.39, 0.29) is 0 Å². The Balaban J connectivity index is 2.01. The third-order valence-electron chi connectivity index (χ3n) is 3.91. The van der Waals surface area contributed by atoms with Crippen molar-refractivity contribution in [3.8, 4) is 11.4 Å². The fourth-order valence-electron chi connectivity index (χ4n) is 2.94. The molecular weight excluding hydrogens is 284 g/mol. The van der Waals surface area contributed by atoms with Gasteiger partial charge in [-0.3, -0.25) is 0 Å². The number of hydrazone groups is 1. The van der Waals surface area contributed by atoms with Gasteiger partial charge in [0.15, 0.2) is 0 Å². The number of rotatable bonds is 1. The largest absolute Gasteiger partial charge is 0.323 e. The maximum absolute atomic E-state index is 5.97. The van der Waals surface area contributed by atoms with Gasteiger partial charge in [0, 0.05) is 29.1 Å². The fourth-order valence-corrected chi connectivity index (χ4v) is 3.07. The molecule has 0 spiro atoms. The number of benzene rings is 2. The molecule has 4 nitrogen and oxygen atoms in total. The van der Waals surface area contributed by atoms with Crippen LogP contribution in [-0.2, 0) is 6.54 Å². The van der Waals surface area contributed by atoms with Crippen molar-refractivity contribution in [3.63, 3.8) is 0 Å². The van der Waals surface area contributed by atoms with E-state index < -0.39 is 0 Å². The van der Waals surface area contributed by atoms with Crippen molar-refractivity contribution in [2.75, 3.05) is 0 Å². The van der Waals surface area contributed by atoms with Crippen LogP contribution < -0.4 is 5.84 Å². The lowest BCUT2D eigenvalue weighted by Gasteiger charge is -2.18. The number of nitrogens with zero attached hydrogens (tertiary/aromatic N) is 3. The van der Waals surface area contributed by atoms with Crippen LogP contribution in [0.4, 0.5) is 0 Å². The number of imidazole rings is 1. The second kappa shape index (κ2) is 4.60. The van der Waals surface area contributed by atoms with E-state index in [1.54, 1.807) is 0 Å². The van der Waals surface area contributed by atoms with E-state index in [2.05, 4.69) is 15.7 Å². The van der Waals surface area contributed by atoms with Crippen LogP contribution >= 0.6 is 11.6 Å². The molecule has 1 aliphatic rings. The van der Waals surface area contributed by atoms with Gasteiger partial charge in [0.25, 0.3) is 0 Å². The van der Waals surface area contributed by atoms with E-state index in [0.717, 1.165) is 51.7 Å². The summed E-state index contributed by atoms with van der Waals surface area (Å²) in [6.45, 7) is 0.835. The van der Waals surface area contributed by atoms with E-state index in [1.165, 1.54) is 0 Å². The highest BCUT2D eigenvalue weighted by Gasteiger charge is 2.22. The van der Waals surface area contributed by atoms with Crippen LogP contribution in [0.25, 0.3) is 22.4 Å². The van der Waals surface area contributed by atoms with Crippen LogP contribution in [0, 0.1) is 0 Å². The Bertz CT molecular complexity index is 862. The topological polar surface area (TPSA) is 56.2 Å². The third-order valence-corrected chi connectivity index (χ3v) is 4.16. The molecule has 0 aliphatic carbocycles. The molecule has 104 valence electrons. The van der Waals surface area contributed by atoms with Crippen molar-refractivity contribution < 1.29 is 0 Å². The molecule has 2 heterocycles. The molecule has 0 fully saturated rings. The second-order valence-corrected chi connectivity index (χ2v) is 5.53. The first kappa shape index (κ1) is 12.4. The highest BCUT2D eigenvalue weighted by molar-refractivity contribution is 6.30. The summed E-state index contributed by atoms with van der Waals surface area (Å²) in [5.74, 6) is 6.48. The minimum atomic E-state index is 0.728. The smallest absolute Gasteiger partial charge is 0.141 e. The Hall–Kier alpha value is -2.33. The van der Waals surface area contributed by atoms with Gasteiger partial charge >= 0.3 is 0 Å². The number of nitrogens with two attached hydrogens (primary N) is 1. The molecular formula is C16H13ClN4. The molecule has 0 saturated heterocycles. The average Bonchev–Trinajstić information content (AvgIpc) is 2.89. The fraction of sp³-hybridized carbons (Fsp3) is 0.125. The summed E-state index contributed by atoms with van der Waals surface area (Å²) in [7, 11) is 0. The summed E-state index contributed by atoms with van der Waals surface area (Å²) in [5.41, 5.74) is 5.16. The SMILES string of the molecule is NN=C1CCn2c(-c3ccc(Cl)cc3)nc3cccc1c32. The predicted molar refractivity (Wildman–Crippen MR) is 85.5 cm³/mol. The first-order valence-electron chi connectivity index (χ1n) is 6.80. The molecule has 0 saturated carbocycles. The zero-order valence-electron chi connectivity index (χ0n) is 11.3. The van der Waals surface area contributed by atoms with Crippen molar-refractivity contribution >= 4 is 28.3 Å². The minimum absolute atomic E-state index is 0.728. The minimum Gasteiger partial charge on any atom is -0.323 e. The van der Waals surface area contributed by atoms with E-state index in [9.17, 15) is 0 Å². The summed E-state index contributed by atoms with van der Waals surface area (Å²) in [6.07, 6.45) is 0.819. The number of hydrogen-bond acceptors (Lipinski definition) is 3. The zero-order chi connectivity index (χ0) is 14.4. The molecule has 2 N–H and O–H groups in total. The maximum Gasteiger partial charge on any atom is 0.141 e. The molecule has 0 amide bonds. The Labute approximate surface area is 126 Å². The van der Waals surface area contributed by atoms with Crippen molar-refractivity contribution in [3.05, 3.63) is 53.1 Å². The lowest BCUT2D eigenvalue weighted by atomic mass is 10.0. The van der Waals surface area contributed by atoms with Crippen molar-refractivity contribution in [1.82, 2.24) is 9.55 Å². The van der Waals surface area contributed by atoms with E-state index in [4.69, 9.17) is 22.4 Å². The Morgan fingerprint density at radius 3 is 2.71 bits per heavy atom. The molecule has 0 bridgehead atoms. The summed E-state index contributed by atoms with van der Waals surface area (Å²) in [5, 5.41) is 4.65. The number of aryl methyl sites for hydroxylation is 1. The van der Waals surface area contributed by atoms with Gasteiger partial charge in [0.1, 0.15) is 5.82 Å². The molecule has 0 unspecified atom stereocenters. The zero-order valence-corrected chi connectivity index (χ0v) is 12.0. The third kappa shape index (κ3) is 1.83. The number of para-hydroxylation sites is 1. The van der Waals surface area contributed by atoms with Gasteiger partial charge in [-0.1, -0.05) is 23.7 Å². The highest BCUT2D eigenvalue weighted by Crippen LogP contribution is 2.31. The van der Waals surface area contributed by atoms with Crippen LogP contribution in [0.2, 0.25) is 5.02 Å². The molecule has 2 aromatic carbocycles. The Morgan fingerprint density at radius 2 is 1.95 bits per heavy atom.